The third kappa shape index (κ3) is 3.47. The van der Waals surface area contributed by atoms with Crippen molar-refractivity contribution >= 4 is 11.9 Å². The van der Waals surface area contributed by atoms with E-state index in [1.165, 1.54) is 24.3 Å². The topological polar surface area (TPSA) is 83.8 Å². The number of carbonyl (C=O) groups excluding carboxylic acids is 1. The molecule has 1 aliphatic carbocycles. The van der Waals surface area contributed by atoms with Gasteiger partial charge in [-0.1, -0.05) is 0 Å². The predicted molar refractivity (Wildman–Crippen MR) is 66.8 cm³/mol. The minimum atomic E-state index is -0.787. The average molecular weight is 264 g/mol. The molecule has 0 heterocycles. The summed E-state index contributed by atoms with van der Waals surface area (Å²) in [5, 5.41) is 18.0. The van der Waals surface area contributed by atoms with Gasteiger partial charge in [-0.05, 0) is 49.9 Å². The molecule has 1 fully saturated rings. The molecule has 1 aliphatic rings. The zero-order chi connectivity index (χ0) is 13.8. The number of aliphatic carboxylic acids is 1. The van der Waals surface area contributed by atoms with Gasteiger partial charge in [0.15, 0.2) is 0 Å². The SMILES string of the molecule is O=C(O)C1CCC(C(=O)Oc2ccc(O)cc2)CC1. The maximum Gasteiger partial charge on any atom is 0.314 e. The molecular formula is C14H16O5. The molecule has 0 radical (unpaired) electrons. The van der Waals surface area contributed by atoms with Crippen LogP contribution in [0.5, 0.6) is 11.5 Å². The van der Waals surface area contributed by atoms with Crippen molar-refractivity contribution in [2.45, 2.75) is 25.7 Å². The Morgan fingerprint density at radius 1 is 1.00 bits per heavy atom. The molecule has 0 amide bonds. The number of hydrogen-bond acceptors (Lipinski definition) is 4. The first-order valence-electron chi connectivity index (χ1n) is 6.30. The summed E-state index contributed by atoms with van der Waals surface area (Å²) in [6.45, 7) is 0. The van der Waals surface area contributed by atoms with Crippen LogP contribution in [0.15, 0.2) is 24.3 Å². The van der Waals surface area contributed by atoms with Crippen LogP contribution < -0.4 is 4.74 Å². The van der Waals surface area contributed by atoms with Gasteiger partial charge in [0.25, 0.3) is 0 Å². The third-order valence-corrected chi connectivity index (χ3v) is 3.46. The minimum Gasteiger partial charge on any atom is -0.508 e. The summed E-state index contributed by atoms with van der Waals surface area (Å²) < 4.78 is 5.21. The van der Waals surface area contributed by atoms with Crippen LogP contribution in [0.3, 0.4) is 0 Å². The van der Waals surface area contributed by atoms with E-state index in [2.05, 4.69) is 0 Å². The second kappa shape index (κ2) is 5.73. The predicted octanol–water partition coefficient (Wildman–Crippen LogP) is 2.19. The van der Waals surface area contributed by atoms with Crippen molar-refractivity contribution in [1.82, 2.24) is 0 Å². The standard InChI is InChI=1S/C14H16O5/c15-11-5-7-12(8-6-11)19-14(18)10-3-1-9(2-4-10)13(16)17/h5-10,15H,1-4H2,(H,16,17). The average Bonchev–Trinajstić information content (AvgIpc) is 2.41. The molecule has 1 saturated carbocycles. The van der Waals surface area contributed by atoms with E-state index in [9.17, 15) is 9.59 Å². The Labute approximate surface area is 110 Å². The molecule has 2 rings (SSSR count). The van der Waals surface area contributed by atoms with E-state index < -0.39 is 5.97 Å². The fourth-order valence-electron chi connectivity index (χ4n) is 2.29. The Hall–Kier alpha value is -2.04. The van der Waals surface area contributed by atoms with E-state index in [1.54, 1.807) is 0 Å². The highest BCUT2D eigenvalue weighted by atomic mass is 16.5. The number of aromatic hydroxyl groups is 1. The summed E-state index contributed by atoms with van der Waals surface area (Å²) in [5.41, 5.74) is 0. The van der Waals surface area contributed by atoms with Crippen LogP contribution in [0, 0.1) is 11.8 Å². The highest BCUT2D eigenvalue weighted by Crippen LogP contribution is 2.30. The Balaban J connectivity index is 1.88. The van der Waals surface area contributed by atoms with E-state index in [4.69, 9.17) is 14.9 Å². The molecule has 102 valence electrons. The highest BCUT2D eigenvalue weighted by Gasteiger charge is 2.30. The van der Waals surface area contributed by atoms with Gasteiger partial charge in [0.2, 0.25) is 0 Å². The molecule has 2 N–H and O–H groups in total. The van der Waals surface area contributed by atoms with Crippen LogP contribution >= 0.6 is 0 Å². The van der Waals surface area contributed by atoms with Gasteiger partial charge in [0.1, 0.15) is 11.5 Å². The second-order valence-corrected chi connectivity index (χ2v) is 4.80. The van der Waals surface area contributed by atoms with E-state index in [-0.39, 0.29) is 23.6 Å². The quantitative estimate of drug-likeness (QED) is 0.645. The zero-order valence-electron chi connectivity index (χ0n) is 10.4. The normalized spacial score (nSPS) is 22.7. The molecule has 19 heavy (non-hydrogen) atoms. The maximum absolute atomic E-state index is 11.9. The van der Waals surface area contributed by atoms with Gasteiger partial charge in [0, 0.05) is 0 Å². The number of carboxylic acid groups (broad SMARTS) is 1. The minimum absolute atomic E-state index is 0.113. The summed E-state index contributed by atoms with van der Waals surface area (Å²) in [6.07, 6.45) is 2.14. The Bertz CT molecular complexity index is 457. The Kier molecular flexibility index (Phi) is 4.04. The lowest BCUT2D eigenvalue weighted by molar-refractivity contribution is -0.146. The molecule has 0 aromatic heterocycles. The van der Waals surface area contributed by atoms with Gasteiger partial charge in [-0.2, -0.15) is 0 Å². The van der Waals surface area contributed by atoms with Crippen molar-refractivity contribution in [2.24, 2.45) is 11.8 Å². The number of carbonyl (C=O) groups is 2. The number of rotatable bonds is 3. The fourth-order valence-corrected chi connectivity index (χ4v) is 2.29. The van der Waals surface area contributed by atoms with Crippen LogP contribution in [-0.2, 0) is 9.59 Å². The number of hydrogen-bond donors (Lipinski definition) is 2. The molecule has 0 atom stereocenters. The van der Waals surface area contributed by atoms with Crippen LogP contribution in [-0.4, -0.2) is 22.2 Å². The first-order valence-corrected chi connectivity index (χ1v) is 6.30. The molecule has 1 aromatic rings. The lowest BCUT2D eigenvalue weighted by atomic mass is 9.82. The fraction of sp³-hybridized carbons (Fsp3) is 0.429. The van der Waals surface area contributed by atoms with Crippen molar-refractivity contribution in [2.75, 3.05) is 0 Å². The highest BCUT2D eigenvalue weighted by molar-refractivity contribution is 5.76. The zero-order valence-corrected chi connectivity index (χ0v) is 10.4. The van der Waals surface area contributed by atoms with E-state index >= 15 is 0 Å². The Morgan fingerprint density at radius 2 is 1.53 bits per heavy atom. The lowest BCUT2D eigenvalue weighted by Crippen LogP contribution is -2.28. The monoisotopic (exact) mass is 264 g/mol. The molecule has 5 heteroatoms. The van der Waals surface area contributed by atoms with Crippen molar-refractivity contribution in [1.29, 1.82) is 0 Å². The number of benzene rings is 1. The first-order chi connectivity index (χ1) is 9.06. The molecule has 0 saturated heterocycles. The van der Waals surface area contributed by atoms with Crippen molar-refractivity contribution in [3.05, 3.63) is 24.3 Å². The first kappa shape index (κ1) is 13.4. The molecular weight excluding hydrogens is 248 g/mol. The summed E-state index contributed by atoms with van der Waals surface area (Å²) in [5.74, 6) is -1.17. The van der Waals surface area contributed by atoms with Crippen LogP contribution in [0.25, 0.3) is 0 Å². The van der Waals surface area contributed by atoms with Gasteiger partial charge in [0.05, 0.1) is 11.8 Å². The smallest absolute Gasteiger partial charge is 0.314 e. The van der Waals surface area contributed by atoms with E-state index in [0.29, 0.717) is 31.4 Å². The third-order valence-electron chi connectivity index (χ3n) is 3.46. The van der Waals surface area contributed by atoms with Crippen LogP contribution in [0.2, 0.25) is 0 Å². The van der Waals surface area contributed by atoms with Gasteiger partial charge < -0.3 is 14.9 Å². The van der Waals surface area contributed by atoms with Gasteiger partial charge >= 0.3 is 11.9 Å². The molecule has 0 unspecified atom stereocenters. The maximum atomic E-state index is 11.9. The number of phenols is 1. The van der Waals surface area contributed by atoms with E-state index in [1.807, 2.05) is 0 Å². The molecule has 5 nitrogen and oxygen atoms in total. The number of esters is 1. The molecule has 0 aliphatic heterocycles. The van der Waals surface area contributed by atoms with Crippen molar-refractivity contribution in [3.63, 3.8) is 0 Å². The Morgan fingerprint density at radius 3 is 2.05 bits per heavy atom. The van der Waals surface area contributed by atoms with Gasteiger partial charge in [-0.3, -0.25) is 9.59 Å². The molecule has 0 bridgehead atoms. The molecule has 0 spiro atoms. The van der Waals surface area contributed by atoms with Crippen LogP contribution in [0.1, 0.15) is 25.7 Å². The van der Waals surface area contributed by atoms with E-state index in [0.717, 1.165) is 0 Å². The molecule has 1 aromatic carbocycles. The lowest BCUT2D eigenvalue weighted by Gasteiger charge is -2.24. The van der Waals surface area contributed by atoms with Crippen LogP contribution in [0.4, 0.5) is 0 Å². The summed E-state index contributed by atoms with van der Waals surface area (Å²) in [4.78, 5) is 22.7. The second-order valence-electron chi connectivity index (χ2n) is 4.80. The largest absolute Gasteiger partial charge is 0.508 e. The van der Waals surface area contributed by atoms with Gasteiger partial charge in [-0.25, -0.2) is 0 Å². The van der Waals surface area contributed by atoms with Crippen molar-refractivity contribution in [3.8, 4) is 11.5 Å². The number of phenolic OH excluding ortho intramolecular Hbond substituents is 1. The summed E-state index contributed by atoms with van der Waals surface area (Å²) >= 11 is 0. The number of carboxylic acids is 1. The summed E-state index contributed by atoms with van der Waals surface area (Å²) in [6, 6.07) is 5.94. The van der Waals surface area contributed by atoms with Crippen molar-refractivity contribution < 1.29 is 24.5 Å². The van der Waals surface area contributed by atoms with Gasteiger partial charge in [-0.15, -0.1) is 0 Å². The number of ether oxygens (including phenoxy) is 1. The summed E-state index contributed by atoms with van der Waals surface area (Å²) in [7, 11) is 0.